The lowest BCUT2D eigenvalue weighted by molar-refractivity contribution is -0.387. The summed E-state index contributed by atoms with van der Waals surface area (Å²) in [7, 11) is -4.20. The Labute approximate surface area is 175 Å². The number of nitro benzene ring substituents is 1. The third kappa shape index (κ3) is 3.86. The fourth-order valence-electron chi connectivity index (χ4n) is 3.00. The molecule has 1 aliphatic rings. The molecule has 0 spiro atoms. The van der Waals surface area contributed by atoms with Gasteiger partial charge < -0.3 is 4.74 Å². The highest BCUT2D eigenvalue weighted by Crippen LogP contribution is 2.56. The van der Waals surface area contributed by atoms with Crippen LogP contribution in [0.15, 0.2) is 46.2 Å². The van der Waals surface area contributed by atoms with Crippen molar-refractivity contribution in [2.45, 2.75) is 34.3 Å². The quantitative estimate of drug-likeness (QED) is 0.267. The van der Waals surface area contributed by atoms with E-state index in [9.17, 15) is 27.3 Å². The molecule has 0 saturated heterocycles. The molecule has 0 heterocycles. The number of thiocarbonyl (C=S) groups is 1. The van der Waals surface area contributed by atoms with Crippen LogP contribution in [0.5, 0.6) is 0 Å². The first-order chi connectivity index (χ1) is 13.6. The molecule has 11 heteroatoms. The van der Waals surface area contributed by atoms with Gasteiger partial charge in [-0.2, -0.15) is 4.39 Å². The van der Waals surface area contributed by atoms with Crippen LogP contribution in [0.25, 0.3) is 0 Å². The minimum Gasteiger partial charge on any atom is -0.479 e. The fraction of sp³-hybridized carbons (Fsp3) is 0.278. The maximum Gasteiger partial charge on any atom is 0.305 e. The zero-order valence-electron chi connectivity index (χ0n) is 15.1. The molecule has 0 radical (unpaired) electrons. The van der Waals surface area contributed by atoms with Crippen molar-refractivity contribution < 1.29 is 26.9 Å². The molecule has 29 heavy (non-hydrogen) atoms. The lowest BCUT2D eigenvalue weighted by atomic mass is 10.1. The van der Waals surface area contributed by atoms with Crippen LogP contribution in [0.1, 0.15) is 25.3 Å². The number of benzene rings is 2. The summed E-state index contributed by atoms with van der Waals surface area (Å²) < 4.78 is 59.0. The SMILES string of the molecule is CCOC(=S)Sc1ccc(S(=O)(=O)C2(c3cccc([N+](=O)[O-])c3F)CC2)cc1F. The molecule has 2 aromatic carbocycles. The van der Waals surface area contributed by atoms with Gasteiger partial charge >= 0.3 is 5.69 Å². The molecule has 0 N–H and O–H groups in total. The van der Waals surface area contributed by atoms with Gasteiger partial charge in [-0.3, -0.25) is 10.1 Å². The average molecular weight is 460 g/mol. The van der Waals surface area contributed by atoms with Crippen LogP contribution in [0, 0.1) is 21.7 Å². The van der Waals surface area contributed by atoms with Gasteiger partial charge in [0.25, 0.3) is 0 Å². The summed E-state index contributed by atoms with van der Waals surface area (Å²) >= 11 is 5.79. The van der Waals surface area contributed by atoms with Crippen molar-refractivity contribution >= 4 is 43.9 Å². The molecule has 3 rings (SSSR count). The molecule has 0 bridgehead atoms. The largest absolute Gasteiger partial charge is 0.479 e. The number of ether oxygens (including phenoxy) is 1. The van der Waals surface area contributed by atoms with Gasteiger partial charge in [0, 0.05) is 11.6 Å². The van der Waals surface area contributed by atoms with Crippen molar-refractivity contribution in [3.05, 3.63) is 63.7 Å². The first kappa shape index (κ1) is 21.6. The number of halogens is 2. The third-order valence-electron chi connectivity index (χ3n) is 4.55. The van der Waals surface area contributed by atoms with E-state index in [1.54, 1.807) is 6.92 Å². The lowest BCUT2D eigenvalue weighted by Gasteiger charge is -2.18. The van der Waals surface area contributed by atoms with Gasteiger partial charge in [-0.05, 0) is 61.9 Å². The Hall–Kier alpha value is -2.11. The van der Waals surface area contributed by atoms with Gasteiger partial charge in [-0.25, -0.2) is 12.8 Å². The van der Waals surface area contributed by atoms with E-state index < -0.39 is 36.8 Å². The molecule has 2 aromatic rings. The Kier molecular flexibility index (Phi) is 5.93. The normalized spacial score (nSPS) is 15.0. The number of nitrogens with zero attached hydrogens (tertiary/aromatic N) is 1. The van der Waals surface area contributed by atoms with Crippen LogP contribution in [-0.4, -0.2) is 24.3 Å². The van der Waals surface area contributed by atoms with Crippen molar-refractivity contribution in [3.63, 3.8) is 0 Å². The van der Waals surface area contributed by atoms with Crippen molar-refractivity contribution in [2.75, 3.05) is 6.61 Å². The maximum absolute atomic E-state index is 14.7. The Bertz CT molecular complexity index is 1100. The molecule has 154 valence electrons. The number of hydrogen-bond acceptors (Lipinski definition) is 7. The minimum absolute atomic E-state index is 0.0833. The summed E-state index contributed by atoms with van der Waals surface area (Å²) in [6, 6.07) is 6.74. The topological polar surface area (TPSA) is 86.5 Å². The molecular formula is C18H15F2NO5S3. The van der Waals surface area contributed by atoms with E-state index in [0.29, 0.717) is 6.61 Å². The Balaban J connectivity index is 2.00. The van der Waals surface area contributed by atoms with E-state index in [1.807, 2.05) is 0 Å². The van der Waals surface area contributed by atoms with Crippen LogP contribution in [0.2, 0.25) is 0 Å². The second-order valence-corrected chi connectivity index (χ2v) is 10.2. The van der Waals surface area contributed by atoms with E-state index in [2.05, 4.69) is 0 Å². The van der Waals surface area contributed by atoms with Crippen LogP contribution < -0.4 is 0 Å². The van der Waals surface area contributed by atoms with Crippen molar-refractivity contribution in [1.29, 1.82) is 0 Å². The molecular weight excluding hydrogens is 444 g/mol. The van der Waals surface area contributed by atoms with Gasteiger partial charge in [0.15, 0.2) is 9.84 Å². The van der Waals surface area contributed by atoms with Crippen LogP contribution in [-0.2, 0) is 19.3 Å². The molecule has 0 amide bonds. The van der Waals surface area contributed by atoms with Crippen LogP contribution >= 0.6 is 24.0 Å². The Morgan fingerprint density at radius 3 is 2.55 bits per heavy atom. The lowest BCUT2D eigenvalue weighted by Crippen LogP contribution is -2.23. The van der Waals surface area contributed by atoms with E-state index in [4.69, 9.17) is 17.0 Å². The highest BCUT2D eigenvalue weighted by Gasteiger charge is 2.58. The van der Waals surface area contributed by atoms with Gasteiger partial charge in [0.1, 0.15) is 10.6 Å². The maximum atomic E-state index is 14.7. The van der Waals surface area contributed by atoms with E-state index in [0.717, 1.165) is 23.9 Å². The number of nitro groups is 1. The average Bonchev–Trinajstić information content (AvgIpc) is 3.45. The monoisotopic (exact) mass is 459 g/mol. The molecule has 1 aliphatic carbocycles. The van der Waals surface area contributed by atoms with E-state index >= 15 is 0 Å². The second kappa shape index (κ2) is 7.96. The van der Waals surface area contributed by atoms with Gasteiger partial charge in [0.2, 0.25) is 10.2 Å². The second-order valence-electron chi connectivity index (χ2n) is 6.27. The molecule has 1 fully saturated rings. The summed E-state index contributed by atoms with van der Waals surface area (Å²) in [6.07, 6.45) is 0.167. The number of thioether (sulfide) groups is 1. The van der Waals surface area contributed by atoms with Gasteiger partial charge in [-0.15, -0.1) is 0 Å². The summed E-state index contributed by atoms with van der Waals surface area (Å²) in [5, 5.41) is 11.0. The molecule has 0 unspecified atom stereocenters. The molecule has 1 saturated carbocycles. The summed E-state index contributed by atoms with van der Waals surface area (Å²) in [5.74, 6) is -2.00. The number of hydrogen-bond donors (Lipinski definition) is 0. The highest BCUT2D eigenvalue weighted by atomic mass is 32.2. The molecule has 0 atom stereocenters. The molecule has 0 aromatic heterocycles. The minimum atomic E-state index is -4.20. The first-order valence-corrected chi connectivity index (χ1v) is 11.2. The predicted molar refractivity (Wildman–Crippen MR) is 108 cm³/mol. The number of rotatable bonds is 6. The van der Waals surface area contributed by atoms with E-state index in [-0.39, 0.29) is 32.6 Å². The van der Waals surface area contributed by atoms with Crippen molar-refractivity contribution in [2.24, 2.45) is 0 Å². The van der Waals surface area contributed by atoms with E-state index in [1.165, 1.54) is 24.3 Å². The molecule has 0 aliphatic heterocycles. The highest BCUT2D eigenvalue weighted by molar-refractivity contribution is 8.22. The fourth-order valence-corrected chi connectivity index (χ4v) is 6.08. The number of sulfone groups is 1. The standard InChI is InChI=1S/C18H15F2NO5S3/c1-2-26-17(27)28-15-7-6-11(10-13(15)19)29(24,25)18(8-9-18)12-4-3-5-14(16(12)20)21(22)23/h3-7,10H,2,8-9H2,1H3. The van der Waals surface area contributed by atoms with Crippen molar-refractivity contribution in [1.82, 2.24) is 0 Å². The Morgan fingerprint density at radius 2 is 2.00 bits per heavy atom. The third-order valence-corrected chi connectivity index (χ3v) is 8.29. The summed E-state index contributed by atoms with van der Waals surface area (Å²) in [4.78, 5) is 9.86. The summed E-state index contributed by atoms with van der Waals surface area (Å²) in [5.41, 5.74) is -1.07. The zero-order chi connectivity index (χ0) is 21.4. The van der Waals surface area contributed by atoms with Crippen LogP contribution in [0.3, 0.4) is 0 Å². The van der Waals surface area contributed by atoms with Gasteiger partial charge in [-0.1, -0.05) is 12.1 Å². The zero-order valence-corrected chi connectivity index (χ0v) is 17.5. The Morgan fingerprint density at radius 1 is 1.31 bits per heavy atom. The predicted octanol–water partition coefficient (Wildman–Crippen LogP) is 4.75. The summed E-state index contributed by atoms with van der Waals surface area (Å²) in [6.45, 7) is 2.04. The molecule has 6 nitrogen and oxygen atoms in total. The van der Waals surface area contributed by atoms with Crippen molar-refractivity contribution in [3.8, 4) is 0 Å². The van der Waals surface area contributed by atoms with Gasteiger partial charge in [0.05, 0.1) is 21.3 Å². The smallest absolute Gasteiger partial charge is 0.305 e. The van der Waals surface area contributed by atoms with Crippen LogP contribution in [0.4, 0.5) is 14.5 Å². The first-order valence-electron chi connectivity index (χ1n) is 8.46.